The Morgan fingerprint density at radius 2 is 1.87 bits per heavy atom. The molecule has 1 fully saturated rings. The summed E-state index contributed by atoms with van der Waals surface area (Å²) in [6.45, 7) is 1.60. The second-order valence-electron chi connectivity index (χ2n) is 7.82. The van der Waals surface area contributed by atoms with Gasteiger partial charge in [-0.1, -0.05) is 6.07 Å². The second-order valence-corrected chi connectivity index (χ2v) is 7.82. The van der Waals surface area contributed by atoms with E-state index in [1.807, 2.05) is 23.1 Å². The first-order chi connectivity index (χ1) is 15.1. The smallest absolute Gasteiger partial charge is 0.255 e. The summed E-state index contributed by atoms with van der Waals surface area (Å²) in [5.41, 5.74) is 1.58. The van der Waals surface area contributed by atoms with Crippen molar-refractivity contribution < 1.29 is 19.0 Å². The lowest BCUT2D eigenvalue weighted by Gasteiger charge is -2.36. The number of rotatable bonds is 9. The number of nitrogens with zero attached hydrogens (tertiary/aromatic N) is 2. The number of carbonyl (C=O) groups excluding carboxylic acids is 1. The van der Waals surface area contributed by atoms with Crippen molar-refractivity contribution in [2.75, 3.05) is 34.5 Å². The zero-order chi connectivity index (χ0) is 22.2. The zero-order valence-corrected chi connectivity index (χ0v) is 18.6. The Balaban J connectivity index is 1.72. The molecule has 168 valence electrons. The summed E-state index contributed by atoms with van der Waals surface area (Å²) >= 11 is 0. The van der Waals surface area contributed by atoms with E-state index in [1.165, 1.54) is 6.07 Å². The Labute approximate surface area is 183 Å². The number of hydrogen-bond acceptors (Lipinski definition) is 5. The first-order valence-electron chi connectivity index (χ1n) is 10.8. The van der Waals surface area contributed by atoms with Gasteiger partial charge in [-0.15, -0.1) is 0 Å². The number of aryl methyl sites for hydroxylation is 1. The van der Waals surface area contributed by atoms with Crippen molar-refractivity contribution in [3.63, 3.8) is 0 Å². The first-order valence-corrected chi connectivity index (χ1v) is 10.8. The number of benzene rings is 1. The SMILES string of the molecule is COCCn1cc(C(=O)N2CCCCC2CCc2ccc(OC)c(OC)c2)ccc1=O. The van der Waals surface area contributed by atoms with E-state index in [-0.39, 0.29) is 17.5 Å². The van der Waals surface area contributed by atoms with Crippen molar-refractivity contribution in [2.24, 2.45) is 0 Å². The van der Waals surface area contributed by atoms with Crippen LogP contribution in [-0.2, 0) is 17.7 Å². The molecule has 1 aromatic carbocycles. The lowest BCUT2D eigenvalue weighted by atomic mass is 9.95. The Hall–Kier alpha value is -2.80. The van der Waals surface area contributed by atoms with Crippen molar-refractivity contribution >= 4 is 5.91 Å². The van der Waals surface area contributed by atoms with E-state index in [2.05, 4.69) is 0 Å². The highest BCUT2D eigenvalue weighted by atomic mass is 16.5. The fourth-order valence-electron chi connectivity index (χ4n) is 4.13. The number of carbonyl (C=O) groups is 1. The fourth-order valence-corrected chi connectivity index (χ4v) is 4.13. The number of aromatic nitrogens is 1. The molecular formula is C24H32N2O5. The molecule has 1 atom stereocenters. The Morgan fingerprint density at radius 3 is 2.61 bits per heavy atom. The van der Waals surface area contributed by atoms with Gasteiger partial charge < -0.3 is 23.7 Å². The number of likely N-dealkylation sites (tertiary alicyclic amines) is 1. The van der Waals surface area contributed by atoms with Gasteiger partial charge in [0.2, 0.25) is 0 Å². The van der Waals surface area contributed by atoms with E-state index in [0.717, 1.165) is 50.0 Å². The van der Waals surface area contributed by atoms with Gasteiger partial charge in [-0.05, 0) is 55.9 Å². The van der Waals surface area contributed by atoms with E-state index >= 15 is 0 Å². The summed E-state index contributed by atoms with van der Waals surface area (Å²) in [4.78, 5) is 27.3. The van der Waals surface area contributed by atoms with Gasteiger partial charge in [0, 0.05) is 38.5 Å². The summed E-state index contributed by atoms with van der Waals surface area (Å²) in [6, 6.07) is 9.23. The predicted octanol–water partition coefficient (Wildman–Crippen LogP) is 3.14. The molecule has 0 bridgehead atoms. The van der Waals surface area contributed by atoms with E-state index in [1.54, 1.807) is 38.2 Å². The van der Waals surface area contributed by atoms with Crippen LogP contribution in [0.15, 0.2) is 41.3 Å². The molecule has 7 nitrogen and oxygen atoms in total. The second kappa shape index (κ2) is 11.0. The maximum atomic E-state index is 13.3. The van der Waals surface area contributed by atoms with Gasteiger partial charge >= 0.3 is 0 Å². The minimum Gasteiger partial charge on any atom is -0.493 e. The number of piperidine rings is 1. The summed E-state index contributed by atoms with van der Waals surface area (Å²) in [5, 5.41) is 0. The summed E-state index contributed by atoms with van der Waals surface area (Å²) in [5.74, 6) is 1.42. The van der Waals surface area contributed by atoms with Crippen molar-refractivity contribution in [2.45, 2.75) is 44.7 Å². The minimum absolute atomic E-state index is 0.0109. The quantitative estimate of drug-likeness (QED) is 0.614. The van der Waals surface area contributed by atoms with Crippen LogP contribution < -0.4 is 15.0 Å². The molecule has 1 amide bonds. The molecule has 1 aliphatic heterocycles. The third kappa shape index (κ3) is 5.67. The topological polar surface area (TPSA) is 70.0 Å². The Kier molecular flexibility index (Phi) is 8.12. The van der Waals surface area contributed by atoms with Crippen LogP contribution in [0.2, 0.25) is 0 Å². The van der Waals surface area contributed by atoms with Crippen LogP contribution >= 0.6 is 0 Å². The molecule has 0 saturated carbocycles. The standard InChI is InChI=1S/C24H32N2O5/c1-29-15-14-25-17-19(9-12-23(25)27)24(28)26-13-5-4-6-20(26)10-7-18-8-11-21(30-2)22(16-18)31-3/h8-9,11-12,16-17,20H,4-7,10,13-15H2,1-3H3. The molecule has 7 heteroatoms. The lowest BCUT2D eigenvalue weighted by Crippen LogP contribution is -2.44. The maximum Gasteiger partial charge on any atom is 0.255 e. The van der Waals surface area contributed by atoms with E-state index in [9.17, 15) is 9.59 Å². The van der Waals surface area contributed by atoms with Crippen LogP contribution in [0.3, 0.4) is 0 Å². The van der Waals surface area contributed by atoms with Crippen molar-refractivity contribution in [1.29, 1.82) is 0 Å². The van der Waals surface area contributed by atoms with Gasteiger partial charge in [-0.25, -0.2) is 0 Å². The summed E-state index contributed by atoms with van der Waals surface area (Å²) in [6.07, 6.45) is 6.49. The van der Waals surface area contributed by atoms with Gasteiger partial charge in [0.25, 0.3) is 11.5 Å². The molecule has 2 heterocycles. The zero-order valence-electron chi connectivity index (χ0n) is 18.6. The van der Waals surface area contributed by atoms with Crippen molar-refractivity contribution in [3.8, 4) is 11.5 Å². The predicted molar refractivity (Wildman–Crippen MR) is 119 cm³/mol. The average Bonchev–Trinajstić information content (AvgIpc) is 2.81. The van der Waals surface area contributed by atoms with Gasteiger partial charge in [0.15, 0.2) is 11.5 Å². The summed E-state index contributed by atoms with van der Waals surface area (Å²) in [7, 11) is 4.85. The third-order valence-electron chi connectivity index (χ3n) is 5.87. The maximum absolute atomic E-state index is 13.3. The number of ether oxygens (including phenoxy) is 3. The van der Waals surface area contributed by atoms with Crippen LogP contribution in [-0.4, -0.2) is 55.9 Å². The van der Waals surface area contributed by atoms with Crippen molar-refractivity contribution in [1.82, 2.24) is 9.47 Å². The molecule has 0 N–H and O–H groups in total. The number of hydrogen-bond donors (Lipinski definition) is 0. The Bertz CT molecular complexity index is 940. The van der Waals surface area contributed by atoms with Gasteiger partial charge in [0.05, 0.1) is 26.4 Å². The molecule has 2 aromatic rings. The first kappa shape index (κ1) is 22.9. The molecule has 1 unspecified atom stereocenters. The molecule has 31 heavy (non-hydrogen) atoms. The molecule has 0 radical (unpaired) electrons. The van der Waals surface area contributed by atoms with Crippen molar-refractivity contribution in [3.05, 3.63) is 58.0 Å². The highest BCUT2D eigenvalue weighted by Crippen LogP contribution is 2.29. The van der Waals surface area contributed by atoms with E-state index < -0.39 is 0 Å². The lowest BCUT2D eigenvalue weighted by molar-refractivity contribution is 0.0600. The Morgan fingerprint density at radius 1 is 1.06 bits per heavy atom. The number of amides is 1. The largest absolute Gasteiger partial charge is 0.493 e. The number of methoxy groups -OCH3 is 3. The molecule has 0 spiro atoms. The van der Waals surface area contributed by atoms with E-state index in [4.69, 9.17) is 14.2 Å². The van der Waals surface area contributed by atoms with Crippen LogP contribution in [0, 0.1) is 0 Å². The van der Waals surface area contributed by atoms with Gasteiger partial charge in [-0.3, -0.25) is 9.59 Å². The van der Waals surface area contributed by atoms with Gasteiger partial charge in [0.1, 0.15) is 0 Å². The van der Waals surface area contributed by atoms with E-state index in [0.29, 0.717) is 24.5 Å². The third-order valence-corrected chi connectivity index (χ3v) is 5.87. The fraction of sp³-hybridized carbons (Fsp3) is 0.500. The molecule has 0 aliphatic carbocycles. The normalized spacial score (nSPS) is 16.2. The van der Waals surface area contributed by atoms with Gasteiger partial charge in [-0.2, -0.15) is 0 Å². The molecule has 1 aromatic heterocycles. The van der Waals surface area contributed by atoms with Crippen LogP contribution in [0.4, 0.5) is 0 Å². The molecule has 1 aliphatic rings. The number of pyridine rings is 1. The minimum atomic E-state index is -0.128. The highest BCUT2D eigenvalue weighted by molar-refractivity contribution is 5.94. The molecule has 1 saturated heterocycles. The monoisotopic (exact) mass is 428 g/mol. The molecule has 3 rings (SSSR count). The van der Waals surface area contributed by atoms with Crippen LogP contribution in [0.5, 0.6) is 11.5 Å². The average molecular weight is 429 g/mol. The highest BCUT2D eigenvalue weighted by Gasteiger charge is 2.27. The van der Waals surface area contributed by atoms with Crippen LogP contribution in [0.25, 0.3) is 0 Å². The summed E-state index contributed by atoms with van der Waals surface area (Å²) < 4.78 is 17.3. The van der Waals surface area contributed by atoms with Crippen LogP contribution in [0.1, 0.15) is 41.6 Å². The molecular weight excluding hydrogens is 396 g/mol.